The lowest BCUT2D eigenvalue weighted by Gasteiger charge is -2.38. The highest BCUT2D eigenvalue weighted by atomic mass is 32.1. The van der Waals surface area contributed by atoms with Gasteiger partial charge in [-0.3, -0.25) is 9.69 Å². The number of rotatable bonds is 5. The molecule has 0 saturated carbocycles. The van der Waals surface area contributed by atoms with Crippen molar-refractivity contribution in [3.05, 3.63) is 0 Å². The largest absolute Gasteiger partial charge is 0.393 e. The van der Waals surface area contributed by atoms with Crippen molar-refractivity contribution in [3.63, 3.8) is 0 Å². The van der Waals surface area contributed by atoms with Gasteiger partial charge in [-0.05, 0) is 32.7 Å². The maximum Gasteiger partial charge on any atom is 0.221 e. The van der Waals surface area contributed by atoms with Gasteiger partial charge in [0, 0.05) is 18.0 Å². The topological polar surface area (TPSA) is 72.4 Å². The second-order valence-electron chi connectivity index (χ2n) is 6.02. The summed E-state index contributed by atoms with van der Waals surface area (Å²) in [5.41, 5.74) is 11.0. The van der Waals surface area contributed by atoms with Crippen LogP contribution in [0.4, 0.5) is 0 Å². The average Bonchev–Trinajstić information content (AvgIpc) is 2.27. The fraction of sp³-hybridized carbons (Fsp3) is 0.846. The number of likely N-dealkylation sites (tertiary alicyclic amines) is 1. The molecule has 0 aromatic heterocycles. The summed E-state index contributed by atoms with van der Waals surface area (Å²) in [5, 5.41) is 0. The highest BCUT2D eigenvalue weighted by molar-refractivity contribution is 7.80. The molecule has 1 saturated heterocycles. The monoisotopic (exact) mass is 271 g/mol. The molecule has 104 valence electrons. The van der Waals surface area contributed by atoms with Gasteiger partial charge < -0.3 is 11.5 Å². The van der Waals surface area contributed by atoms with Gasteiger partial charge >= 0.3 is 0 Å². The van der Waals surface area contributed by atoms with E-state index in [0.29, 0.717) is 11.0 Å². The molecule has 2 atom stereocenters. The highest BCUT2D eigenvalue weighted by Gasteiger charge is 2.30. The van der Waals surface area contributed by atoms with Crippen LogP contribution in [0.25, 0.3) is 0 Å². The Morgan fingerprint density at radius 1 is 1.39 bits per heavy atom. The Morgan fingerprint density at radius 3 is 2.50 bits per heavy atom. The van der Waals surface area contributed by atoms with Crippen LogP contribution in [0.2, 0.25) is 0 Å². The van der Waals surface area contributed by atoms with Crippen molar-refractivity contribution < 1.29 is 4.79 Å². The third-order valence-corrected chi connectivity index (χ3v) is 4.66. The lowest BCUT2D eigenvalue weighted by molar-refractivity contribution is -0.124. The van der Waals surface area contributed by atoms with E-state index >= 15 is 0 Å². The molecule has 1 aliphatic heterocycles. The van der Waals surface area contributed by atoms with Crippen molar-refractivity contribution in [3.8, 4) is 0 Å². The van der Waals surface area contributed by atoms with Crippen LogP contribution >= 0.6 is 12.2 Å². The van der Waals surface area contributed by atoms with Gasteiger partial charge in [0.15, 0.2) is 0 Å². The van der Waals surface area contributed by atoms with Gasteiger partial charge in [0.25, 0.3) is 0 Å². The summed E-state index contributed by atoms with van der Waals surface area (Å²) in [7, 11) is 0. The molecule has 18 heavy (non-hydrogen) atoms. The van der Waals surface area contributed by atoms with Crippen molar-refractivity contribution >= 4 is 23.1 Å². The molecule has 0 radical (unpaired) electrons. The second kappa shape index (κ2) is 5.97. The van der Waals surface area contributed by atoms with Crippen molar-refractivity contribution in [2.24, 2.45) is 22.8 Å². The number of nitrogens with two attached hydrogens (primary N) is 2. The Kier molecular flexibility index (Phi) is 5.10. The number of carbonyl (C=O) groups excluding carboxylic acids is 1. The molecule has 5 heteroatoms. The van der Waals surface area contributed by atoms with E-state index in [1.54, 1.807) is 0 Å². The number of nitrogens with zero attached hydrogens (tertiary/aromatic N) is 1. The van der Waals surface area contributed by atoms with Crippen LogP contribution in [-0.4, -0.2) is 34.9 Å². The number of primary amides is 1. The van der Waals surface area contributed by atoms with Crippen LogP contribution < -0.4 is 11.5 Å². The zero-order valence-corrected chi connectivity index (χ0v) is 12.4. The first-order valence-corrected chi connectivity index (χ1v) is 6.98. The summed E-state index contributed by atoms with van der Waals surface area (Å²) in [6, 6.07) is 0.503. The van der Waals surface area contributed by atoms with Crippen LogP contribution in [0.5, 0.6) is 0 Å². The first-order valence-electron chi connectivity index (χ1n) is 6.57. The summed E-state index contributed by atoms with van der Waals surface area (Å²) >= 11 is 5.08. The number of carbonyl (C=O) groups is 1. The molecule has 2 unspecified atom stereocenters. The predicted molar refractivity (Wildman–Crippen MR) is 78.1 cm³/mol. The van der Waals surface area contributed by atoms with E-state index in [4.69, 9.17) is 23.7 Å². The second-order valence-corrected chi connectivity index (χ2v) is 6.46. The maximum absolute atomic E-state index is 11.3. The molecule has 1 aliphatic rings. The molecular weight excluding hydrogens is 246 g/mol. The molecule has 4 N–H and O–H groups in total. The van der Waals surface area contributed by atoms with Gasteiger partial charge in [-0.2, -0.15) is 0 Å². The minimum Gasteiger partial charge on any atom is -0.393 e. The van der Waals surface area contributed by atoms with E-state index in [1.165, 1.54) is 0 Å². The van der Waals surface area contributed by atoms with Gasteiger partial charge in [0.2, 0.25) is 5.91 Å². The van der Waals surface area contributed by atoms with Crippen LogP contribution in [-0.2, 0) is 4.79 Å². The summed E-state index contributed by atoms with van der Waals surface area (Å²) in [4.78, 5) is 14.2. The molecule has 0 spiro atoms. The first-order chi connectivity index (χ1) is 8.24. The molecule has 1 amide bonds. The van der Waals surface area contributed by atoms with E-state index in [1.807, 2.05) is 0 Å². The third kappa shape index (κ3) is 3.92. The Bertz CT molecular complexity index is 330. The van der Waals surface area contributed by atoms with E-state index < -0.39 is 0 Å². The lowest BCUT2D eigenvalue weighted by atomic mass is 9.87. The lowest BCUT2D eigenvalue weighted by Crippen LogP contribution is -2.47. The Hall–Kier alpha value is -0.680. The zero-order chi connectivity index (χ0) is 13.9. The number of thiocarbonyl (C=S) groups is 1. The standard InChI is InChI=1S/C13H25N3OS/c1-9-4-5-10(11(14)17)8-16(9)7-6-13(2,3)12(15)18/h9-10H,4-8H2,1-3H3,(H2,14,17)(H2,15,18). The fourth-order valence-electron chi connectivity index (χ4n) is 2.27. The predicted octanol–water partition coefficient (Wildman–Crippen LogP) is 1.27. The first kappa shape index (κ1) is 15.4. The number of piperidine rings is 1. The molecule has 0 aromatic rings. The molecule has 1 rings (SSSR count). The van der Waals surface area contributed by atoms with Gasteiger partial charge in [0.05, 0.1) is 10.9 Å². The normalized spacial score (nSPS) is 25.9. The fourth-order valence-corrected chi connectivity index (χ4v) is 2.37. The van der Waals surface area contributed by atoms with Crippen LogP contribution in [0.1, 0.15) is 40.0 Å². The molecule has 0 aromatic carbocycles. The number of hydrogen-bond donors (Lipinski definition) is 2. The van der Waals surface area contributed by atoms with Gasteiger partial charge in [-0.25, -0.2) is 0 Å². The van der Waals surface area contributed by atoms with Crippen molar-refractivity contribution in [2.75, 3.05) is 13.1 Å². The van der Waals surface area contributed by atoms with Gasteiger partial charge in [-0.1, -0.05) is 26.1 Å². The summed E-state index contributed by atoms with van der Waals surface area (Å²) in [6.07, 6.45) is 2.85. The molecule has 4 nitrogen and oxygen atoms in total. The SMILES string of the molecule is CC1CCC(C(N)=O)CN1CCC(C)(C)C(N)=S. The van der Waals surface area contributed by atoms with Crippen molar-refractivity contribution in [1.29, 1.82) is 0 Å². The van der Waals surface area contributed by atoms with E-state index in [0.717, 1.165) is 32.4 Å². The number of hydrogen-bond acceptors (Lipinski definition) is 3. The minimum atomic E-state index is -0.180. The van der Waals surface area contributed by atoms with Crippen molar-refractivity contribution in [1.82, 2.24) is 4.90 Å². The Balaban J connectivity index is 2.54. The van der Waals surface area contributed by atoms with Gasteiger partial charge in [0.1, 0.15) is 0 Å². The van der Waals surface area contributed by atoms with E-state index in [2.05, 4.69) is 25.7 Å². The van der Waals surface area contributed by atoms with Crippen LogP contribution in [0.15, 0.2) is 0 Å². The van der Waals surface area contributed by atoms with Crippen LogP contribution in [0, 0.1) is 11.3 Å². The molecular formula is C13H25N3OS. The summed E-state index contributed by atoms with van der Waals surface area (Å²) in [6.45, 7) is 8.01. The average molecular weight is 271 g/mol. The maximum atomic E-state index is 11.3. The van der Waals surface area contributed by atoms with E-state index in [-0.39, 0.29) is 17.2 Å². The number of amides is 1. The quantitative estimate of drug-likeness (QED) is 0.739. The van der Waals surface area contributed by atoms with E-state index in [9.17, 15) is 4.79 Å². The Morgan fingerprint density at radius 2 is 2.00 bits per heavy atom. The molecule has 1 fully saturated rings. The third-order valence-electron chi connectivity index (χ3n) is 4.10. The van der Waals surface area contributed by atoms with Gasteiger partial charge in [-0.15, -0.1) is 0 Å². The summed E-state index contributed by atoms with van der Waals surface area (Å²) < 4.78 is 0. The van der Waals surface area contributed by atoms with Crippen LogP contribution in [0.3, 0.4) is 0 Å². The minimum absolute atomic E-state index is 0.00543. The molecule has 0 bridgehead atoms. The smallest absolute Gasteiger partial charge is 0.221 e. The van der Waals surface area contributed by atoms with Crippen molar-refractivity contribution in [2.45, 2.75) is 46.1 Å². The molecule has 0 aliphatic carbocycles. The zero-order valence-electron chi connectivity index (χ0n) is 11.6. The Labute approximate surface area is 115 Å². The molecule has 1 heterocycles. The highest BCUT2D eigenvalue weighted by Crippen LogP contribution is 2.26. The summed E-state index contributed by atoms with van der Waals surface area (Å²) in [5.74, 6) is -0.186.